The number of halogens is 2. The number of rotatable bonds is 7. The van der Waals surface area contributed by atoms with Crippen LogP contribution in [0, 0.1) is 5.82 Å². The highest BCUT2D eigenvalue weighted by Gasteiger charge is 2.39. The molecule has 0 aliphatic carbocycles. The molecule has 2 aromatic carbocycles. The van der Waals surface area contributed by atoms with E-state index in [1.54, 1.807) is 35.3 Å². The fraction of sp³-hybridized carbons (Fsp3) is 0.385. The molecule has 186 valence electrons. The van der Waals surface area contributed by atoms with Gasteiger partial charge < -0.3 is 20.4 Å². The fourth-order valence-electron chi connectivity index (χ4n) is 4.73. The van der Waals surface area contributed by atoms with Gasteiger partial charge in [0.25, 0.3) is 0 Å². The Kier molecular flexibility index (Phi) is 8.18. The Balaban J connectivity index is 1.44. The third-order valence-corrected chi connectivity index (χ3v) is 6.45. The Morgan fingerprint density at radius 1 is 1.14 bits per heavy atom. The summed E-state index contributed by atoms with van der Waals surface area (Å²) in [5.74, 6) is -0.447. The van der Waals surface area contributed by atoms with Crippen LogP contribution in [0.15, 0.2) is 48.5 Å². The second-order valence-corrected chi connectivity index (χ2v) is 9.82. The van der Waals surface area contributed by atoms with Crippen LogP contribution in [0.25, 0.3) is 6.08 Å². The van der Waals surface area contributed by atoms with Crippen LogP contribution in [0.4, 0.5) is 10.1 Å². The molecule has 2 atom stereocenters. The smallest absolute Gasteiger partial charge is 0.247 e. The van der Waals surface area contributed by atoms with Crippen molar-refractivity contribution in [3.63, 3.8) is 0 Å². The van der Waals surface area contributed by atoms with E-state index < -0.39 is 0 Å². The molecule has 4 rings (SSSR count). The lowest BCUT2D eigenvalue weighted by Gasteiger charge is -2.50. The van der Waals surface area contributed by atoms with Crippen LogP contribution >= 0.6 is 11.6 Å². The molecule has 2 saturated heterocycles. The van der Waals surface area contributed by atoms with Crippen LogP contribution in [0.5, 0.6) is 0 Å². The molecule has 2 fully saturated rings. The highest BCUT2D eigenvalue weighted by atomic mass is 35.5. The Morgan fingerprint density at radius 2 is 1.83 bits per heavy atom. The summed E-state index contributed by atoms with van der Waals surface area (Å²) >= 11 is 6.14. The molecule has 0 spiro atoms. The van der Waals surface area contributed by atoms with Crippen LogP contribution < -0.4 is 10.6 Å². The normalized spacial score (nSPS) is 20.4. The first-order chi connectivity index (χ1) is 16.8. The molecule has 0 radical (unpaired) electrons. The quantitative estimate of drug-likeness (QED) is 0.573. The minimum absolute atomic E-state index is 0.0459. The van der Waals surface area contributed by atoms with Gasteiger partial charge in [0.15, 0.2) is 0 Å². The van der Waals surface area contributed by atoms with Crippen molar-refractivity contribution < 1.29 is 14.0 Å². The molecule has 2 aliphatic heterocycles. The van der Waals surface area contributed by atoms with E-state index in [0.717, 1.165) is 38.3 Å². The number of nitrogens with one attached hydrogen (secondary N) is 2. The van der Waals surface area contributed by atoms with Gasteiger partial charge in [-0.05, 0) is 55.6 Å². The number of benzene rings is 2. The maximum atomic E-state index is 13.3. The number of hydrogen-bond donors (Lipinski definition) is 2. The van der Waals surface area contributed by atoms with E-state index in [-0.39, 0.29) is 36.3 Å². The fourth-order valence-corrected chi connectivity index (χ4v) is 4.90. The lowest BCUT2D eigenvalue weighted by atomic mass is 10.0. The molecule has 0 saturated carbocycles. The van der Waals surface area contributed by atoms with Gasteiger partial charge in [0.05, 0.1) is 18.6 Å². The van der Waals surface area contributed by atoms with E-state index in [4.69, 9.17) is 11.6 Å². The molecule has 9 heteroatoms. The maximum Gasteiger partial charge on any atom is 0.247 e. The topological polar surface area (TPSA) is 67.9 Å². The molecule has 7 nitrogen and oxygen atoms in total. The molecular formula is C26H31ClFN5O2. The zero-order valence-electron chi connectivity index (χ0n) is 20.0. The van der Waals surface area contributed by atoms with E-state index in [9.17, 15) is 14.0 Å². The minimum Gasteiger partial charge on any atom is -0.328 e. The van der Waals surface area contributed by atoms with E-state index in [0.29, 0.717) is 16.3 Å². The van der Waals surface area contributed by atoms with E-state index >= 15 is 0 Å². The van der Waals surface area contributed by atoms with Gasteiger partial charge in [-0.15, -0.1) is 0 Å². The Labute approximate surface area is 210 Å². The highest BCUT2D eigenvalue weighted by molar-refractivity contribution is 6.31. The summed E-state index contributed by atoms with van der Waals surface area (Å²) in [7, 11) is 3.64. The molecule has 2 unspecified atom stereocenters. The lowest BCUT2D eigenvalue weighted by Crippen LogP contribution is -2.68. The van der Waals surface area contributed by atoms with Crippen molar-refractivity contribution in [3.05, 3.63) is 70.5 Å². The van der Waals surface area contributed by atoms with Crippen LogP contribution in [-0.2, 0) is 16.1 Å². The SMILES string of the molecule is CN(C)CC(=O)Nc1cc(Cl)ccc1/C=C/C(=O)N1C2CNCC1CN(Cc1ccc(F)cc1)C2. The Hall–Kier alpha value is -2.78. The first-order valence-electron chi connectivity index (χ1n) is 11.7. The summed E-state index contributed by atoms with van der Waals surface area (Å²) < 4.78 is 13.2. The monoisotopic (exact) mass is 499 g/mol. The molecule has 35 heavy (non-hydrogen) atoms. The number of fused-ring (bicyclic) bond motifs is 2. The lowest BCUT2D eigenvalue weighted by molar-refractivity contribution is -0.136. The van der Waals surface area contributed by atoms with Gasteiger partial charge >= 0.3 is 0 Å². The largest absolute Gasteiger partial charge is 0.328 e. The van der Waals surface area contributed by atoms with Crippen molar-refractivity contribution >= 4 is 35.2 Å². The number of amides is 2. The summed E-state index contributed by atoms with van der Waals surface area (Å²) in [6.07, 6.45) is 3.31. The summed E-state index contributed by atoms with van der Waals surface area (Å²) in [6, 6.07) is 11.9. The van der Waals surface area contributed by atoms with Gasteiger partial charge in [0.2, 0.25) is 11.8 Å². The van der Waals surface area contributed by atoms with Gasteiger partial charge in [0.1, 0.15) is 5.82 Å². The average molecular weight is 500 g/mol. The Morgan fingerprint density at radius 3 is 2.49 bits per heavy atom. The number of carbonyl (C=O) groups is 2. The average Bonchev–Trinajstić information content (AvgIpc) is 2.79. The maximum absolute atomic E-state index is 13.3. The first-order valence-corrected chi connectivity index (χ1v) is 12.1. The van der Waals surface area contributed by atoms with E-state index in [1.165, 1.54) is 12.1 Å². The van der Waals surface area contributed by atoms with Gasteiger partial charge in [-0.25, -0.2) is 4.39 Å². The second-order valence-electron chi connectivity index (χ2n) is 9.38. The predicted molar refractivity (Wildman–Crippen MR) is 137 cm³/mol. The van der Waals surface area contributed by atoms with Crippen molar-refractivity contribution in [1.29, 1.82) is 0 Å². The van der Waals surface area contributed by atoms with E-state index in [2.05, 4.69) is 15.5 Å². The zero-order chi connectivity index (χ0) is 24.9. The molecule has 2 aliphatic rings. The van der Waals surface area contributed by atoms with Crippen LogP contribution in [0.3, 0.4) is 0 Å². The molecule has 2 amide bonds. The van der Waals surface area contributed by atoms with E-state index in [1.807, 2.05) is 31.1 Å². The third kappa shape index (κ3) is 6.67. The number of anilines is 1. The van der Waals surface area contributed by atoms with Crippen molar-refractivity contribution in [3.8, 4) is 0 Å². The number of carbonyl (C=O) groups excluding carboxylic acids is 2. The summed E-state index contributed by atoms with van der Waals surface area (Å²) in [5, 5.41) is 6.81. The number of hydrogen-bond acceptors (Lipinski definition) is 5. The molecule has 2 heterocycles. The number of nitrogens with zero attached hydrogens (tertiary/aromatic N) is 3. The van der Waals surface area contributed by atoms with Crippen LogP contribution in [0.1, 0.15) is 11.1 Å². The number of piperazine rings is 2. The summed E-state index contributed by atoms with van der Waals surface area (Å²) in [6.45, 7) is 3.91. The van der Waals surface area contributed by atoms with Gasteiger partial charge in [-0.2, -0.15) is 0 Å². The standard InChI is InChI=1S/C26H31ClFN5O2/c1-31(2)17-25(34)30-24-11-20(27)7-5-19(24)6-10-26(35)33-22-12-29-13-23(33)16-32(15-22)14-18-3-8-21(28)9-4-18/h3-11,22-23,29H,12-17H2,1-2H3,(H,30,34)/b10-6+. The van der Waals surface area contributed by atoms with Gasteiger partial charge in [-0.1, -0.05) is 29.8 Å². The van der Waals surface area contributed by atoms with Crippen molar-refractivity contribution in [2.24, 2.45) is 0 Å². The van der Waals surface area contributed by atoms with Crippen LogP contribution in [-0.4, -0.2) is 85.4 Å². The van der Waals surface area contributed by atoms with Gasteiger partial charge in [0, 0.05) is 49.5 Å². The molecule has 2 N–H and O–H groups in total. The Bertz CT molecular complexity index is 1080. The highest BCUT2D eigenvalue weighted by Crippen LogP contribution is 2.24. The molecule has 2 bridgehead atoms. The molecule has 2 aromatic rings. The molecule has 0 aromatic heterocycles. The second kappa shape index (κ2) is 11.3. The van der Waals surface area contributed by atoms with Crippen molar-refractivity contribution in [2.75, 3.05) is 52.1 Å². The zero-order valence-corrected chi connectivity index (χ0v) is 20.8. The predicted octanol–water partition coefficient (Wildman–Crippen LogP) is 2.68. The van der Waals surface area contributed by atoms with Crippen LogP contribution in [0.2, 0.25) is 5.02 Å². The van der Waals surface area contributed by atoms with Crippen molar-refractivity contribution in [1.82, 2.24) is 20.0 Å². The summed E-state index contributed by atoms with van der Waals surface area (Å²) in [4.78, 5) is 31.6. The summed E-state index contributed by atoms with van der Waals surface area (Å²) in [5.41, 5.74) is 2.34. The first kappa shape index (κ1) is 25.3. The number of likely N-dealkylation sites (N-methyl/N-ethyl adjacent to an activating group) is 1. The minimum atomic E-state index is -0.238. The van der Waals surface area contributed by atoms with Gasteiger partial charge in [-0.3, -0.25) is 14.5 Å². The third-order valence-electron chi connectivity index (χ3n) is 6.21. The molecular weight excluding hydrogens is 469 g/mol. The van der Waals surface area contributed by atoms with Crippen molar-refractivity contribution in [2.45, 2.75) is 18.6 Å².